The second-order valence-electron chi connectivity index (χ2n) is 8.61. The number of fused-ring (bicyclic) bond motifs is 2. The largest absolute Gasteiger partial charge is 0.491 e. The molecule has 0 bridgehead atoms. The number of carbonyl (C=O) groups is 1. The second kappa shape index (κ2) is 10.8. The van der Waals surface area contributed by atoms with Gasteiger partial charge < -0.3 is 19.4 Å². The first-order valence-electron chi connectivity index (χ1n) is 11.9. The molecule has 0 aliphatic heterocycles. The van der Waals surface area contributed by atoms with Crippen LogP contribution in [0.15, 0.2) is 59.7 Å². The Morgan fingerprint density at radius 2 is 1.95 bits per heavy atom. The molecule has 2 heterocycles. The second-order valence-corrected chi connectivity index (χ2v) is 8.61. The molecular weight excluding hydrogens is 474 g/mol. The van der Waals surface area contributed by atoms with Gasteiger partial charge in [-0.15, -0.1) is 0 Å². The fourth-order valence-electron chi connectivity index (χ4n) is 4.42. The predicted octanol–water partition coefficient (Wildman–Crippen LogP) is 3.33. The zero-order valence-corrected chi connectivity index (χ0v) is 20.6. The highest BCUT2D eigenvalue weighted by atomic mass is 16.6. The van der Waals surface area contributed by atoms with Gasteiger partial charge in [0, 0.05) is 36.9 Å². The van der Waals surface area contributed by atoms with Gasteiger partial charge in [0.15, 0.2) is 5.65 Å². The molecule has 2 aromatic heterocycles. The van der Waals surface area contributed by atoms with Gasteiger partial charge in [-0.1, -0.05) is 12.1 Å². The summed E-state index contributed by atoms with van der Waals surface area (Å²) in [5.41, 5.74) is 6.14. The van der Waals surface area contributed by atoms with Crippen molar-refractivity contribution in [3.8, 4) is 11.4 Å². The summed E-state index contributed by atoms with van der Waals surface area (Å²) in [6, 6.07) is 13.5. The van der Waals surface area contributed by atoms with E-state index in [-0.39, 0.29) is 10.9 Å². The normalized spacial score (nSPS) is 12.4. The molecule has 37 heavy (non-hydrogen) atoms. The van der Waals surface area contributed by atoms with Gasteiger partial charge in [-0.3, -0.25) is 14.4 Å². The minimum Gasteiger partial charge on any atom is -0.491 e. The minimum atomic E-state index is -0.642. The SMILES string of the molecule is COCCOc1cccc(Nc2ncc3c(=O)c(C(=O)NOC)cn(-c4ccc5c(c4)CCC5)c3n2)c1. The molecule has 0 unspecified atom stereocenters. The van der Waals surface area contributed by atoms with Crippen molar-refractivity contribution in [3.63, 3.8) is 0 Å². The van der Waals surface area contributed by atoms with Crippen LogP contribution in [0.25, 0.3) is 16.7 Å². The lowest BCUT2D eigenvalue weighted by molar-refractivity contribution is 0.0536. The summed E-state index contributed by atoms with van der Waals surface area (Å²) < 4.78 is 12.5. The molecule has 10 nitrogen and oxygen atoms in total. The van der Waals surface area contributed by atoms with E-state index in [1.807, 2.05) is 30.3 Å². The average Bonchev–Trinajstić information content (AvgIpc) is 3.37. The number of anilines is 2. The number of nitrogens with one attached hydrogen (secondary N) is 2. The molecule has 0 saturated carbocycles. The van der Waals surface area contributed by atoms with Crippen molar-refractivity contribution in [3.05, 3.63) is 81.8 Å². The van der Waals surface area contributed by atoms with Crippen LogP contribution in [0.1, 0.15) is 27.9 Å². The Kier molecular flexibility index (Phi) is 7.11. The van der Waals surface area contributed by atoms with Crippen molar-refractivity contribution in [2.24, 2.45) is 0 Å². The summed E-state index contributed by atoms with van der Waals surface area (Å²) in [5, 5.41) is 3.39. The monoisotopic (exact) mass is 501 g/mol. The summed E-state index contributed by atoms with van der Waals surface area (Å²) in [6.07, 6.45) is 6.07. The van der Waals surface area contributed by atoms with Crippen molar-refractivity contribution in [1.82, 2.24) is 20.0 Å². The molecule has 0 fully saturated rings. The first-order valence-corrected chi connectivity index (χ1v) is 11.9. The first kappa shape index (κ1) is 24.4. The molecule has 0 atom stereocenters. The number of hydrogen-bond donors (Lipinski definition) is 2. The van der Waals surface area contributed by atoms with Gasteiger partial charge in [-0.05, 0) is 54.7 Å². The van der Waals surface area contributed by atoms with E-state index in [2.05, 4.69) is 32.9 Å². The Bertz CT molecular complexity index is 1520. The first-order chi connectivity index (χ1) is 18.1. The van der Waals surface area contributed by atoms with Crippen LogP contribution >= 0.6 is 0 Å². The molecule has 0 radical (unpaired) electrons. The van der Waals surface area contributed by atoms with Crippen molar-refractivity contribution in [2.75, 3.05) is 32.8 Å². The number of hydrogen-bond acceptors (Lipinski definition) is 8. The van der Waals surface area contributed by atoms with Crippen molar-refractivity contribution >= 4 is 28.6 Å². The van der Waals surface area contributed by atoms with Crippen LogP contribution in [0, 0.1) is 0 Å². The predicted molar refractivity (Wildman–Crippen MR) is 139 cm³/mol. The summed E-state index contributed by atoms with van der Waals surface area (Å²) in [6.45, 7) is 0.911. The van der Waals surface area contributed by atoms with Crippen LogP contribution in [0.2, 0.25) is 0 Å². The Morgan fingerprint density at radius 3 is 2.78 bits per heavy atom. The van der Waals surface area contributed by atoms with E-state index in [9.17, 15) is 9.59 Å². The van der Waals surface area contributed by atoms with E-state index in [1.54, 1.807) is 11.7 Å². The van der Waals surface area contributed by atoms with Gasteiger partial charge in [0.1, 0.15) is 17.9 Å². The lowest BCUT2D eigenvalue weighted by atomic mass is 10.1. The zero-order valence-electron chi connectivity index (χ0n) is 20.6. The molecule has 2 aromatic carbocycles. The summed E-state index contributed by atoms with van der Waals surface area (Å²) in [7, 11) is 2.93. The molecule has 1 aliphatic carbocycles. The lowest BCUT2D eigenvalue weighted by Crippen LogP contribution is -2.29. The maximum Gasteiger partial charge on any atom is 0.280 e. The smallest absolute Gasteiger partial charge is 0.280 e. The molecular formula is C27H27N5O5. The van der Waals surface area contributed by atoms with Crippen molar-refractivity contribution in [1.29, 1.82) is 0 Å². The van der Waals surface area contributed by atoms with Crippen LogP contribution in [-0.2, 0) is 22.4 Å². The Hall–Kier alpha value is -4.28. The number of benzene rings is 2. The zero-order chi connectivity index (χ0) is 25.8. The third kappa shape index (κ3) is 5.16. The summed E-state index contributed by atoms with van der Waals surface area (Å²) >= 11 is 0. The standard InChI is InChI=1S/C27H27N5O5/c1-35-11-12-37-21-8-4-7-19(14-21)29-27-28-15-22-24(33)23(26(34)31-36-2)16-32(25(22)30-27)20-10-9-17-5-3-6-18(17)13-20/h4,7-10,13-16H,3,5-6,11-12H2,1-2H3,(H,31,34)(H,28,29,30). The van der Waals surface area contributed by atoms with Gasteiger partial charge in [-0.2, -0.15) is 4.98 Å². The number of aromatic nitrogens is 3. The van der Waals surface area contributed by atoms with Crippen LogP contribution in [0.5, 0.6) is 5.75 Å². The molecule has 4 aromatic rings. The number of hydroxylamine groups is 1. The van der Waals surface area contributed by atoms with E-state index < -0.39 is 11.3 Å². The van der Waals surface area contributed by atoms with Gasteiger partial charge >= 0.3 is 0 Å². The summed E-state index contributed by atoms with van der Waals surface area (Å²) in [5.74, 6) is 0.327. The quantitative estimate of drug-likeness (QED) is 0.265. The van der Waals surface area contributed by atoms with Crippen molar-refractivity contribution in [2.45, 2.75) is 19.3 Å². The number of methoxy groups -OCH3 is 1. The minimum absolute atomic E-state index is 0.0694. The Labute approximate surface area is 213 Å². The molecule has 2 N–H and O–H groups in total. The van der Waals surface area contributed by atoms with E-state index >= 15 is 0 Å². The van der Waals surface area contributed by atoms with Gasteiger partial charge in [0.05, 0.1) is 19.1 Å². The van der Waals surface area contributed by atoms with E-state index in [0.29, 0.717) is 30.6 Å². The van der Waals surface area contributed by atoms with Gasteiger partial charge in [0.2, 0.25) is 11.4 Å². The number of ether oxygens (including phenoxy) is 2. The number of pyridine rings is 1. The van der Waals surface area contributed by atoms with Crippen LogP contribution in [-0.4, -0.2) is 47.9 Å². The third-order valence-electron chi connectivity index (χ3n) is 6.19. The molecule has 5 rings (SSSR count). The third-order valence-corrected chi connectivity index (χ3v) is 6.19. The number of rotatable bonds is 9. The topological polar surface area (TPSA) is 117 Å². The highest BCUT2D eigenvalue weighted by Gasteiger charge is 2.19. The van der Waals surface area contributed by atoms with E-state index in [0.717, 1.165) is 30.6 Å². The number of aryl methyl sites for hydroxylation is 2. The highest BCUT2D eigenvalue weighted by molar-refractivity contribution is 5.96. The summed E-state index contributed by atoms with van der Waals surface area (Å²) in [4.78, 5) is 39.6. The van der Waals surface area contributed by atoms with Crippen molar-refractivity contribution < 1.29 is 19.1 Å². The van der Waals surface area contributed by atoms with Crippen LogP contribution in [0.3, 0.4) is 0 Å². The van der Waals surface area contributed by atoms with Gasteiger partial charge in [-0.25, -0.2) is 10.5 Å². The van der Waals surface area contributed by atoms with Gasteiger partial charge in [0.25, 0.3) is 5.91 Å². The van der Waals surface area contributed by atoms with E-state index in [4.69, 9.17) is 14.3 Å². The Balaban J connectivity index is 1.57. The molecule has 10 heteroatoms. The molecule has 0 spiro atoms. The van der Waals surface area contributed by atoms with E-state index in [1.165, 1.54) is 30.6 Å². The molecule has 1 aliphatic rings. The fraction of sp³-hybridized carbons (Fsp3) is 0.259. The lowest BCUT2D eigenvalue weighted by Gasteiger charge is -2.15. The Morgan fingerprint density at radius 1 is 1.08 bits per heavy atom. The maximum absolute atomic E-state index is 13.2. The van der Waals surface area contributed by atoms with Crippen LogP contribution in [0.4, 0.5) is 11.6 Å². The molecule has 1 amide bonds. The number of nitrogens with zero attached hydrogens (tertiary/aromatic N) is 3. The van der Waals surface area contributed by atoms with Crippen LogP contribution < -0.4 is 21.0 Å². The average molecular weight is 502 g/mol. The highest BCUT2D eigenvalue weighted by Crippen LogP contribution is 2.26. The molecule has 0 saturated heterocycles. The number of carbonyl (C=O) groups excluding carboxylic acids is 1. The number of amides is 1. The fourth-order valence-corrected chi connectivity index (χ4v) is 4.42. The molecule has 190 valence electrons. The maximum atomic E-state index is 13.2.